The van der Waals surface area contributed by atoms with Crippen molar-refractivity contribution in [3.05, 3.63) is 18.7 Å². The molecule has 0 unspecified atom stereocenters. The van der Waals surface area contributed by atoms with Crippen molar-refractivity contribution in [3.8, 4) is 0 Å². The van der Waals surface area contributed by atoms with Gasteiger partial charge < -0.3 is 5.32 Å². The quantitative estimate of drug-likeness (QED) is 0.535. The molecular weight excluding hydrogens is 158 g/mol. The Hall–Kier alpha value is -0.770. The summed E-state index contributed by atoms with van der Waals surface area (Å²) < 4.78 is 0. The summed E-state index contributed by atoms with van der Waals surface area (Å²) in [5.41, 5.74) is 0.824. The Kier molecular flexibility index (Phi) is 2.70. The van der Waals surface area contributed by atoms with E-state index in [-0.39, 0.29) is 0 Å². The first-order valence-electron chi connectivity index (χ1n) is 3.18. The second-order valence-electron chi connectivity index (χ2n) is 1.98. The van der Waals surface area contributed by atoms with Crippen LogP contribution in [0.15, 0.2) is 11.4 Å². The Labute approximate surface area is 70.6 Å². The van der Waals surface area contributed by atoms with E-state index >= 15 is 0 Å². The Morgan fingerprint density at radius 3 is 2.91 bits per heavy atom. The minimum atomic E-state index is 0.766. The third-order valence-corrected chi connectivity index (χ3v) is 1.82. The molecule has 0 bridgehead atoms. The molecule has 1 radical (unpaired) electrons. The number of rotatable bonds is 2. The summed E-state index contributed by atoms with van der Waals surface area (Å²) in [5, 5.41) is 3.71. The molecule has 0 spiro atoms. The zero-order valence-corrected chi connectivity index (χ0v) is 7.40. The summed E-state index contributed by atoms with van der Waals surface area (Å²) in [7, 11) is 1.82. The number of hydrogen-bond acceptors (Lipinski definition) is 4. The highest BCUT2D eigenvalue weighted by Crippen LogP contribution is 2.14. The first kappa shape index (κ1) is 8.33. The summed E-state index contributed by atoms with van der Waals surface area (Å²) >= 11 is 1.52. The lowest BCUT2D eigenvalue weighted by Gasteiger charge is -2.03. The van der Waals surface area contributed by atoms with Crippen molar-refractivity contribution < 1.29 is 0 Å². The molecule has 1 rings (SSSR count). The number of thioether (sulfide) groups is 1. The van der Waals surface area contributed by atoms with Crippen molar-refractivity contribution >= 4 is 17.6 Å². The molecule has 0 aliphatic carbocycles. The van der Waals surface area contributed by atoms with Gasteiger partial charge in [-0.1, -0.05) is 11.8 Å². The lowest BCUT2D eigenvalue weighted by Crippen LogP contribution is -1.97. The summed E-state index contributed by atoms with van der Waals surface area (Å²) in [6.45, 7) is 3.77. The molecule has 0 aromatic carbocycles. The number of nitrogens with zero attached hydrogens (tertiary/aromatic N) is 2. The maximum absolute atomic E-state index is 4.19. The SMILES string of the molecule is [CH2]c1cnc(SC)nc1NC. The average molecular weight is 168 g/mol. The van der Waals surface area contributed by atoms with Crippen LogP contribution in [0.2, 0.25) is 0 Å². The van der Waals surface area contributed by atoms with Gasteiger partial charge in [0.25, 0.3) is 0 Å². The maximum Gasteiger partial charge on any atom is 0.189 e. The molecule has 3 nitrogen and oxygen atoms in total. The Morgan fingerprint density at radius 2 is 2.36 bits per heavy atom. The van der Waals surface area contributed by atoms with E-state index in [4.69, 9.17) is 0 Å². The molecule has 11 heavy (non-hydrogen) atoms. The number of hydrogen-bond donors (Lipinski definition) is 1. The fraction of sp³-hybridized carbons (Fsp3) is 0.286. The molecule has 0 aliphatic heterocycles. The predicted molar refractivity (Wildman–Crippen MR) is 47.8 cm³/mol. The smallest absolute Gasteiger partial charge is 0.189 e. The maximum atomic E-state index is 4.19. The van der Waals surface area contributed by atoms with Gasteiger partial charge in [-0.25, -0.2) is 9.97 Å². The monoisotopic (exact) mass is 168 g/mol. The van der Waals surface area contributed by atoms with Gasteiger partial charge in [0.05, 0.1) is 0 Å². The second-order valence-corrected chi connectivity index (χ2v) is 2.75. The predicted octanol–water partition coefficient (Wildman–Crippen LogP) is 1.42. The van der Waals surface area contributed by atoms with Crippen molar-refractivity contribution in [2.24, 2.45) is 0 Å². The van der Waals surface area contributed by atoms with Crippen molar-refractivity contribution in [2.45, 2.75) is 5.16 Å². The molecule has 4 heteroatoms. The first-order valence-corrected chi connectivity index (χ1v) is 4.41. The van der Waals surface area contributed by atoms with Crippen molar-refractivity contribution in [1.82, 2.24) is 9.97 Å². The van der Waals surface area contributed by atoms with Crippen LogP contribution in [-0.4, -0.2) is 23.3 Å². The van der Waals surface area contributed by atoms with Gasteiger partial charge in [-0.15, -0.1) is 0 Å². The molecule has 59 valence electrons. The van der Waals surface area contributed by atoms with E-state index in [0.29, 0.717) is 0 Å². The summed E-state index contributed by atoms with van der Waals surface area (Å²) in [6.07, 6.45) is 3.65. The van der Waals surface area contributed by atoms with Crippen LogP contribution in [0.4, 0.5) is 5.82 Å². The number of nitrogens with one attached hydrogen (secondary N) is 1. The topological polar surface area (TPSA) is 37.8 Å². The average Bonchev–Trinajstić information content (AvgIpc) is 2.05. The van der Waals surface area contributed by atoms with Crippen LogP contribution >= 0.6 is 11.8 Å². The molecule has 1 aromatic heterocycles. The molecule has 0 saturated heterocycles. The van der Waals surface area contributed by atoms with Crippen LogP contribution in [0, 0.1) is 6.92 Å². The molecule has 1 N–H and O–H groups in total. The first-order chi connectivity index (χ1) is 5.27. The molecule has 0 saturated carbocycles. The summed E-state index contributed by atoms with van der Waals surface area (Å²) in [5.74, 6) is 0.796. The van der Waals surface area contributed by atoms with Crippen LogP contribution in [0.1, 0.15) is 5.56 Å². The van der Waals surface area contributed by atoms with Gasteiger partial charge in [0, 0.05) is 18.8 Å². The van der Waals surface area contributed by atoms with Gasteiger partial charge in [0.2, 0.25) is 0 Å². The van der Waals surface area contributed by atoms with E-state index in [2.05, 4.69) is 22.2 Å². The van der Waals surface area contributed by atoms with E-state index in [0.717, 1.165) is 16.5 Å². The molecule has 0 aliphatic rings. The zero-order valence-electron chi connectivity index (χ0n) is 6.59. The minimum Gasteiger partial charge on any atom is -0.373 e. The third-order valence-electron chi connectivity index (χ3n) is 1.26. The fourth-order valence-corrected chi connectivity index (χ4v) is 1.05. The van der Waals surface area contributed by atoms with Crippen molar-refractivity contribution in [2.75, 3.05) is 18.6 Å². The van der Waals surface area contributed by atoms with E-state index in [1.165, 1.54) is 11.8 Å². The van der Waals surface area contributed by atoms with E-state index < -0.39 is 0 Å². The summed E-state index contributed by atoms with van der Waals surface area (Å²) in [4.78, 5) is 8.24. The third kappa shape index (κ3) is 1.83. The van der Waals surface area contributed by atoms with Gasteiger partial charge in [-0.3, -0.25) is 0 Å². The zero-order chi connectivity index (χ0) is 8.27. The Balaban J connectivity index is 3.02. The highest BCUT2D eigenvalue weighted by atomic mass is 32.2. The highest BCUT2D eigenvalue weighted by Gasteiger charge is 1.99. The normalized spacial score (nSPS) is 9.73. The molecule has 0 amide bonds. The lowest BCUT2D eigenvalue weighted by molar-refractivity contribution is 0.964. The summed E-state index contributed by atoms with van der Waals surface area (Å²) in [6, 6.07) is 0. The highest BCUT2D eigenvalue weighted by molar-refractivity contribution is 7.98. The Morgan fingerprint density at radius 1 is 1.64 bits per heavy atom. The molecule has 1 heterocycles. The van der Waals surface area contributed by atoms with Crippen LogP contribution in [0.3, 0.4) is 0 Å². The van der Waals surface area contributed by atoms with Gasteiger partial charge >= 0.3 is 0 Å². The standard InChI is InChI=1S/C7H10N3S/c1-5-4-9-7(11-3)10-6(5)8-2/h4H,1H2,2-3H3,(H,8,9,10). The minimum absolute atomic E-state index is 0.766. The van der Waals surface area contributed by atoms with Gasteiger partial charge in [-0.05, 0) is 13.2 Å². The van der Waals surface area contributed by atoms with Crippen LogP contribution in [0.5, 0.6) is 0 Å². The van der Waals surface area contributed by atoms with Gasteiger partial charge in [-0.2, -0.15) is 0 Å². The molecule has 1 aromatic rings. The van der Waals surface area contributed by atoms with Gasteiger partial charge in [0.15, 0.2) is 5.16 Å². The number of aromatic nitrogens is 2. The van der Waals surface area contributed by atoms with E-state index in [1.54, 1.807) is 6.20 Å². The second kappa shape index (κ2) is 3.57. The van der Waals surface area contributed by atoms with Crippen LogP contribution in [0.25, 0.3) is 0 Å². The van der Waals surface area contributed by atoms with Crippen molar-refractivity contribution in [1.29, 1.82) is 0 Å². The van der Waals surface area contributed by atoms with Crippen LogP contribution in [-0.2, 0) is 0 Å². The molecule has 0 atom stereocenters. The van der Waals surface area contributed by atoms with Crippen LogP contribution < -0.4 is 5.32 Å². The number of anilines is 1. The fourth-order valence-electron chi connectivity index (χ4n) is 0.705. The van der Waals surface area contributed by atoms with Crippen molar-refractivity contribution in [3.63, 3.8) is 0 Å². The molecule has 0 fully saturated rings. The largest absolute Gasteiger partial charge is 0.373 e. The molecular formula is C7H10N3S. The lowest BCUT2D eigenvalue weighted by atomic mass is 10.3. The van der Waals surface area contributed by atoms with E-state index in [1.807, 2.05) is 13.3 Å². The van der Waals surface area contributed by atoms with E-state index in [9.17, 15) is 0 Å². The Bertz CT molecular complexity index is 249. The van der Waals surface area contributed by atoms with Gasteiger partial charge in [0.1, 0.15) is 5.82 Å².